The van der Waals surface area contributed by atoms with Crippen LogP contribution in [0.2, 0.25) is 0 Å². The monoisotopic (exact) mass is 353 g/mol. The van der Waals surface area contributed by atoms with Gasteiger partial charge in [0.15, 0.2) is 0 Å². The number of hydrogen-bond donors (Lipinski definition) is 1. The molecule has 0 aliphatic carbocycles. The number of aromatic nitrogens is 2. The predicted octanol–water partition coefficient (Wildman–Crippen LogP) is 3.31. The van der Waals surface area contributed by atoms with Gasteiger partial charge in [0.2, 0.25) is 11.7 Å². The van der Waals surface area contributed by atoms with E-state index in [1.165, 1.54) is 0 Å². The van der Waals surface area contributed by atoms with Gasteiger partial charge >= 0.3 is 0 Å². The van der Waals surface area contributed by atoms with Gasteiger partial charge in [-0.05, 0) is 18.7 Å². The summed E-state index contributed by atoms with van der Waals surface area (Å²) in [6.07, 6.45) is 0. The third-order valence-electron chi connectivity index (χ3n) is 3.39. The first-order valence-electron chi connectivity index (χ1n) is 6.68. The molecule has 1 saturated heterocycles. The largest absolute Gasteiger partial charge is 0.339 e. The Morgan fingerprint density at radius 3 is 3.15 bits per heavy atom. The van der Waals surface area contributed by atoms with Crippen LogP contribution in [0, 0.1) is 0 Å². The fraction of sp³-hybridized carbons (Fsp3) is 0.429. The first-order chi connectivity index (χ1) is 9.78. The van der Waals surface area contributed by atoms with Crippen LogP contribution in [-0.4, -0.2) is 34.2 Å². The Hall–Kier alpha value is -0.850. The smallest absolute Gasteiger partial charge is 0.232 e. The Morgan fingerprint density at radius 2 is 2.35 bits per heavy atom. The zero-order chi connectivity index (χ0) is 13.9. The summed E-state index contributed by atoms with van der Waals surface area (Å²) >= 11 is 5.40. The first kappa shape index (κ1) is 14.1. The summed E-state index contributed by atoms with van der Waals surface area (Å²) in [5.74, 6) is 3.86. The van der Waals surface area contributed by atoms with Crippen molar-refractivity contribution in [3.8, 4) is 11.4 Å². The zero-order valence-corrected chi connectivity index (χ0v) is 13.6. The van der Waals surface area contributed by atoms with E-state index in [2.05, 4.69) is 38.3 Å². The van der Waals surface area contributed by atoms with Crippen molar-refractivity contribution in [3.63, 3.8) is 0 Å². The van der Waals surface area contributed by atoms with Crippen molar-refractivity contribution in [2.75, 3.05) is 18.1 Å². The van der Waals surface area contributed by atoms with E-state index in [1.807, 2.05) is 36.0 Å². The van der Waals surface area contributed by atoms with Crippen LogP contribution in [0.25, 0.3) is 11.4 Å². The van der Waals surface area contributed by atoms with Gasteiger partial charge in [0.05, 0.1) is 5.92 Å². The van der Waals surface area contributed by atoms with E-state index in [9.17, 15) is 0 Å². The molecule has 2 unspecified atom stereocenters. The fourth-order valence-electron chi connectivity index (χ4n) is 2.39. The second-order valence-corrected chi connectivity index (χ2v) is 6.77. The van der Waals surface area contributed by atoms with Crippen LogP contribution in [0.3, 0.4) is 0 Å². The summed E-state index contributed by atoms with van der Waals surface area (Å²) in [5, 5.41) is 7.62. The molecular weight excluding hydrogens is 338 g/mol. The van der Waals surface area contributed by atoms with Crippen molar-refractivity contribution in [1.29, 1.82) is 0 Å². The maximum absolute atomic E-state index is 5.49. The van der Waals surface area contributed by atoms with Gasteiger partial charge in [0.25, 0.3) is 0 Å². The number of nitrogens with one attached hydrogen (secondary N) is 1. The molecule has 2 atom stereocenters. The van der Waals surface area contributed by atoms with Crippen LogP contribution in [0.1, 0.15) is 18.7 Å². The fourth-order valence-corrected chi connectivity index (χ4v) is 4.16. The Kier molecular flexibility index (Phi) is 4.43. The molecule has 2 aromatic rings. The standard InChI is InChI=1S/C14H16BrN3OS/c1-2-16-12-8-20-7-11(12)14-17-13(18-19-14)9-4-3-5-10(15)6-9/h3-6,11-12,16H,2,7-8H2,1H3. The molecule has 1 fully saturated rings. The van der Waals surface area contributed by atoms with Crippen LogP contribution in [0.15, 0.2) is 33.3 Å². The van der Waals surface area contributed by atoms with E-state index >= 15 is 0 Å². The molecule has 2 heterocycles. The van der Waals surface area contributed by atoms with Gasteiger partial charge in [-0.15, -0.1) is 0 Å². The normalized spacial score (nSPS) is 22.3. The summed E-state index contributed by atoms with van der Waals surface area (Å²) in [4.78, 5) is 4.58. The third-order valence-corrected chi connectivity index (χ3v) is 5.07. The van der Waals surface area contributed by atoms with Crippen molar-refractivity contribution in [2.24, 2.45) is 0 Å². The van der Waals surface area contributed by atoms with Crippen LogP contribution in [0.4, 0.5) is 0 Å². The number of hydrogen-bond acceptors (Lipinski definition) is 5. The second kappa shape index (κ2) is 6.28. The topological polar surface area (TPSA) is 51.0 Å². The number of benzene rings is 1. The molecule has 3 rings (SSSR count). The van der Waals surface area contributed by atoms with Crippen molar-refractivity contribution < 1.29 is 4.52 Å². The summed E-state index contributed by atoms with van der Waals surface area (Å²) < 4.78 is 6.51. The summed E-state index contributed by atoms with van der Waals surface area (Å²) in [6, 6.07) is 8.38. The summed E-state index contributed by atoms with van der Waals surface area (Å²) in [5.41, 5.74) is 0.972. The quantitative estimate of drug-likeness (QED) is 0.913. The minimum atomic E-state index is 0.313. The van der Waals surface area contributed by atoms with Crippen molar-refractivity contribution in [2.45, 2.75) is 18.9 Å². The predicted molar refractivity (Wildman–Crippen MR) is 85.0 cm³/mol. The molecule has 0 spiro atoms. The van der Waals surface area contributed by atoms with E-state index in [-0.39, 0.29) is 0 Å². The van der Waals surface area contributed by atoms with Gasteiger partial charge in [0, 0.05) is 27.6 Å². The van der Waals surface area contributed by atoms with Gasteiger partial charge in [0.1, 0.15) is 0 Å². The molecule has 1 aliphatic heterocycles. The number of likely N-dealkylation sites (N-methyl/N-ethyl adjacent to an activating group) is 1. The molecule has 0 radical (unpaired) electrons. The Balaban J connectivity index is 1.83. The van der Waals surface area contributed by atoms with E-state index in [0.717, 1.165) is 34.0 Å². The van der Waals surface area contributed by atoms with Crippen LogP contribution < -0.4 is 5.32 Å². The highest BCUT2D eigenvalue weighted by Gasteiger charge is 2.32. The van der Waals surface area contributed by atoms with E-state index in [1.54, 1.807) is 0 Å². The molecule has 1 aromatic carbocycles. The van der Waals surface area contributed by atoms with Gasteiger partial charge < -0.3 is 9.84 Å². The van der Waals surface area contributed by atoms with Crippen LogP contribution in [-0.2, 0) is 0 Å². The molecule has 1 aliphatic rings. The van der Waals surface area contributed by atoms with Gasteiger partial charge in [-0.25, -0.2) is 0 Å². The second-order valence-electron chi connectivity index (χ2n) is 4.77. The lowest BCUT2D eigenvalue weighted by molar-refractivity contribution is 0.340. The highest BCUT2D eigenvalue weighted by Crippen LogP contribution is 2.33. The lowest BCUT2D eigenvalue weighted by Crippen LogP contribution is -2.34. The SMILES string of the molecule is CCNC1CSCC1c1nc(-c2cccc(Br)c2)no1. The van der Waals surface area contributed by atoms with Gasteiger partial charge in [-0.3, -0.25) is 0 Å². The average Bonchev–Trinajstić information content (AvgIpc) is 3.07. The molecule has 0 amide bonds. The molecule has 0 saturated carbocycles. The van der Waals surface area contributed by atoms with E-state index in [4.69, 9.17) is 4.52 Å². The van der Waals surface area contributed by atoms with Crippen LogP contribution in [0.5, 0.6) is 0 Å². The molecule has 4 nitrogen and oxygen atoms in total. The zero-order valence-electron chi connectivity index (χ0n) is 11.2. The van der Waals surface area contributed by atoms with Gasteiger partial charge in [-0.2, -0.15) is 16.7 Å². The number of halogens is 1. The maximum Gasteiger partial charge on any atom is 0.232 e. The molecule has 1 aromatic heterocycles. The highest BCUT2D eigenvalue weighted by molar-refractivity contribution is 9.10. The number of rotatable bonds is 4. The minimum Gasteiger partial charge on any atom is -0.339 e. The molecule has 0 bridgehead atoms. The minimum absolute atomic E-state index is 0.313. The third kappa shape index (κ3) is 2.92. The first-order valence-corrected chi connectivity index (χ1v) is 8.63. The number of nitrogens with zero attached hydrogens (tertiary/aromatic N) is 2. The average molecular weight is 354 g/mol. The Morgan fingerprint density at radius 1 is 1.45 bits per heavy atom. The number of thioether (sulfide) groups is 1. The van der Waals surface area contributed by atoms with E-state index in [0.29, 0.717) is 17.8 Å². The lowest BCUT2D eigenvalue weighted by Gasteiger charge is -2.15. The summed E-state index contributed by atoms with van der Waals surface area (Å²) in [6.45, 7) is 3.09. The Bertz CT molecular complexity index is 589. The molecule has 20 heavy (non-hydrogen) atoms. The van der Waals surface area contributed by atoms with Crippen molar-refractivity contribution in [1.82, 2.24) is 15.5 Å². The summed E-state index contributed by atoms with van der Waals surface area (Å²) in [7, 11) is 0. The molecular formula is C14H16BrN3OS. The van der Waals surface area contributed by atoms with E-state index < -0.39 is 0 Å². The molecule has 106 valence electrons. The molecule has 6 heteroatoms. The van der Waals surface area contributed by atoms with Crippen molar-refractivity contribution >= 4 is 27.7 Å². The molecule has 1 N–H and O–H groups in total. The van der Waals surface area contributed by atoms with Crippen LogP contribution >= 0.6 is 27.7 Å². The maximum atomic E-state index is 5.49. The van der Waals surface area contributed by atoms with Gasteiger partial charge in [-0.1, -0.05) is 40.1 Å². The highest BCUT2D eigenvalue weighted by atomic mass is 79.9. The van der Waals surface area contributed by atoms with Crippen molar-refractivity contribution in [3.05, 3.63) is 34.6 Å². The lowest BCUT2D eigenvalue weighted by atomic mass is 10.0. The Labute approximate surface area is 130 Å².